The van der Waals surface area contributed by atoms with Crippen molar-refractivity contribution in [3.8, 4) is 0 Å². The highest BCUT2D eigenvalue weighted by atomic mass is 15.3. The maximum Gasteiger partial charge on any atom is 0.0597 e. The molecule has 2 atom stereocenters. The second-order valence-electron chi connectivity index (χ2n) is 5.28. The van der Waals surface area contributed by atoms with Gasteiger partial charge in [-0.15, -0.1) is 0 Å². The number of rotatable bonds is 3. The highest BCUT2D eigenvalue weighted by Gasteiger charge is 2.28. The number of aromatic nitrogens is 2. The van der Waals surface area contributed by atoms with Gasteiger partial charge in [0, 0.05) is 13.1 Å². The molecule has 3 nitrogen and oxygen atoms in total. The number of hydrogen-bond donors (Lipinski definition) is 1. The summed E-state index contributed by atoms with van der Waals surface area (Å²) >= 11 is 0. The minimum atomic E-state index is 0.0783. The van der Waals surface area contributed by atoms with Crippen molar-refractivity contribution in [1.82, 2.24) is 9.78 Å². The van der Waals surface area contributed by atoms with Gasteiger partial charge >= 0.3 is 0 Å². The number of nitrogens with two attached hydrogens (primary N) is 1. The summed E-state index contributed by atoms with van der Waals surface area (Å²) in [4.78, 5) is 0. The fourth-order valence-electron chi connectivity index (χ4n) is 2.98. The molecule has 2 unspecified atom stereocenters. The van der Waals surface area contributed by atoms with E-state index in [1.165, 1.54) is 17.5 Å². The summed E-state index contributed by atoms with van der Waals surface area (Å²) in [5.74, 6) is 0.617. The summed E-state index contributed by atoms with van der Waals surface area (Å²) < 4.78 is 1.91. The normalized spacial score (nSPS) is 19.2. The van der Waals surface area contributed by atoms with Crippen LogP contribution in [0.25, 0.3) is 0 Å². The standard InChI is InChI=1S/C15H19N3/c1-10-7-15(18(2)17-10)14(16)9-12-8-11-5-3-4-6-13(11)12/h3-7,12,14H,8-9,16H2,1-2H3. The summed E-state index contributed by atoms with van der Waals surface area (Å²) in [5.41, 5.74) is 11.5. The number of hydrogen-bond acceptors (Lipinski definition) is 2. The number of nitrogens with zero attached hydrogens (tertiary/aromatic N) is 2. The van der Waals surface area contributed by atoms with Gasteiger partial charge in [0.2, 0.25) is 0 Å². The highest BCUT2D eigenvalue weighted by Crippen LogP contribution is 2.40. The Labute approximate surface area is 108 Å². The SMILES string of the molecule is Cc1cc(C(N)CC2Cc3ccccc32)n(C)n1. The maximum absolute atomic E-state index is 6.32. The molecule has 3 heteroatoms. The Morgan fingerprint density at radius 2 is 2.22 bits per heavy atom. The molecule has 0 radical (unpaired) electrons. The minimum absolute atomic E-state index is 0.0783. The largest absolute Gasteiger partial charge is 0.323 e. The lowest BCUT2D eigenvalue weighted by Gasteiger charge is -2.32. The lowest BCUT2D eigenvalue weighted by Crippen LogP contribution is -2.24. The lowest BCUT2D eigenvalue weighted by molar-refractivity contribution is 0.478. The third kappa shape index (κ3) is 1.85. The maximum atomic E-state index is 6.32. The molecule has 3 rings (SSSR count). The first-order valence-corrected chi connectivity index (χ1v) is 6.49. The third-order valence-corrected chi connectivity index (χ3v) is 3.92. The van der Waals surface area contributed by atoms with Gasteiger partial charge in [0.1, 0.15) is 0 Å². The van der Waals surface area contributed by atoms with Crippen molar-refractivity contribution in [3.05, 3.63) is 52.8 Å². The van der Waals surface area contributed by atoms with Crippen LogP contribution in [-0.4, -0.2) is 9.78 Å². The van der Waals surface area contributed by atoms with E-state index in [-0.39, 0.29) is 6.04 Å². The van der Waals surface area contributed by atoms with Gasteiger partial charge in [-0.3, -0.25) is 4.68 Å². The molecule has 2 aromatic rings. The molecule has 0 spiro atoms. The molecule has 0 bridgehead atoms. The smallest absolute Gasteiger partial charge is 0.0597 e. The van der Waals surface area contributed by atoms with Crippen LogP contribution in [0, 0.1) is 6.92 Å². The Hall–Kier alpha value is -1.61. The van der Waals surface area contributed by atoms with Gasteiger partial charge in [-0.25, -0.2) is 0 Å². The summed E-state index contributed by atoms with van der Waals surface area (Å²) in [6.07, 6.45) is 2.18. The van der Waals surface area contributed by atoms with Gasteiger partial charge in [0.05, 0.1) is 11.4 Å². The van der Waals surface area contributed by atoms with Gasteiger partial charge in [-0.05, 0) is 42.9 Å². The van der Waals surface area contributed by atoms with Gasteiger partial charge in [0.15, 0.2) is 0 Å². The predicted molar refractivity (Wildman–Crippen MR) is 72.4 cm³/mol. The van der Waals surface area contributed by atoms with Crippen LogP contribution in [0.1, 0.15) is 40.9 Å². The van der Waals surface area contributed by atoms with Crippen molar-refractivity contribution >= 4 is 0 Å². The Bertz CT molecular complexity index is 571. The molecule has 2 N–H and O–H groups in total. The Morgan fingerprint density at radius 1 is 1.44 bits per heavy atom. The number of aryl methyl sites for hydroxylation is 2. The summed E-state index contributed by atoms with van der Waals surface area (Å²) in [7, 11) is 1.97. The zero-order chi connectivity index (χ0) is 12.7. The Kier molecular flexibility index (Phi) is 2.71. The first kappa shape index (κ1) is 11.5. The Balaban J connectivity index is 1.74. The predicted octanol–water partition coefficient (Wildman–Crippen LogP) is 2.46. The molecule has 18 heavy (non-hydrogen) atoms. The quantitative estimate of drug-likeness (QED) is 0.897. The first-order chi connectivity index (χ1) is 8.65. The van der Waals surface area contributed by atoms with Crippen LogP contribution in [0.5, 0.6) is 0 Å². The van der Waals surface area contributed by atoms with Crippen LogP contribution in [0.15, 0.2) is 30.3 Å². The second kappa shape index (κ2) is 4.25. The van der Waals surface area contributed by atoms with Crippen molar-refractivity contribution < 1.29 is 0 Å². The van der Waals surface area contributed by atoms with Crippen molar-refractivity contribution in [2.45, 2.75) is 31.7 Å². The first-order valence-electron chi connectivity index (χ1n) is 6.49. The molecule has 1 heterocycles. The van der Waals surface area contributed by atoms with E-state index in [1.54, 1.807) is 0 Å². The zero-order valence-corrected chi connectivity index (χ0v) is 10.9. The topological polar surface area (TPSA) is 43.8 Å². The van der Waals surface area contributed by atoms with E-state index in [0.29, 0.717) is 5.92 Å². The summed E-state index contributed by atoms with van der Waals surface area (Å²) in [6, 6.07) is 10.8. The average Bonchev–Trinajstić information content (AvgIpc) is 2.65. The van der Waals surface area contributed by atoms with E-state index in [4.69, 9.17) is 5.73 Å². The number of benzene rings is 1. The summed E-state index contributed by atoms with van der Waals surface area (Å²) in [6.45, 7) is 2.01. The van der Waals surface area contributed by atoms with Crippen LogP contribution in [0.4, 0.5) is 0 Å². The molecule has 1 aliphatic rings. The van der Waals surface area contributed by atoms with Crippen LogP contribution in [0.2, 0.25) is 0 Å². The molecule has 0 aliphatic heterocycles. The van der Waals surface area contributed by atoms with Crippen molar-refractivity contribution in [2.75, 3.05) is 0 Å². The van der Waals surface area contributed by atoms with Crippen LogP contribution < -0.4 is 5.73 Å². The average molecular weight is 241 g/mol. The van der Waals surface area contributed by atoms with Crippen LogP contribution in [-0.2, 0) is 13.5 Å². The monoisotopic (exact) mass is 241 g/mol. The molecule has 0 fully saturated rings. The molecule has 0 saturated heterocycles. The minimum Gasteiger partial charge on any atom is -0.323 e. The van der Waals surface area contributed by atoms with Crippen molar-refractivity contribution in [2.24, 2.45) is 12.8 Å². The molecule has 94 valence electrons. The van der Waals surface area contributed by atoms with E-state index < -0.39 is 0 Å². The van der Waals surface area contributed by atoms with Crippen molar-refractivity contribution in [1.29, 1.82) is 0 Å². The lowest BCUT2D eigenvalue weighted by atomic mass is 9.74. The number of fused-ring (bicyclic) bond motifs is 1. The molecule has 1 aromatic carbocycles. The van der Waals surface area contributed by atoms with E-state index in [0.717, 1.165) is 17.8 Å². The van der Waals surface area contributed by atoms with Crippen LogP contribution >= 0.6 is 0 Å². The molecular formula is C15H19N3. The molecule has 0 amide bonds. The summed E-state index contributed by atoms with van der Waals surface area (Å²) in [5, 5.41) is 4.36. The zero-order valence-electron chi connectivity index (χ0n) is 10.9. The van der Waals surface area contributed by atoms with E-state index in [1.807, 2.05) is 18.7 Å². The van der Waals surface area contributed by atoms with E-state index in [2.05, 4.69) is 35.4 Å². The Morgan fingerprint density at radius 3 is 2.89 bits per heavy atom. The fourth-order valence-corrected chi connectivity index (χ4v) is 2.98. The molecule has 1 aromatic heterocycles. The van der Waals surface area contributed by atoms with Gasteiger partial charge in [-0.2, -0.15) is 5.10 Å². The van der Waals surface area contributed by atoms with Gasteiger partial charge in [0.25, 0.3) is 0 Å². The fraction of sp³-hybridized carbons (Fsp3) is 0.400. The van der Waals surface area contributed by atoms with Crippen LogP contribution in [0.3, 0.4) is 0 Å². The van der Waals surface area contributed by atoms with Crippen molar-refractivity contribution in [3.63, 3.8) is 0 Å². The van der Waals surface area contributed by atoms with Gasteiger partial charge in [-0.1, -0.05) is 24.3 Å². The highest BCUT2D eigenvalue weighted by molar-refractivity contribution is 5.40. The molecule has 0 saturated carbocycles. The molecule has 1 aliphatic carbocycles. The second-order valence-corrected chi connectivity index (χ2v) is 5.28. The third-order valence-electron chi connectivity index (χ3n) is 3.92. The van der Waals surface area contributed by atoms with Gasteiger partial charge < -0.3 is 5.73 Å². The van der Waals surface area contributed by atoms with E-state index in [9.17, 15) is 0 Å². The van der Waals surface area contributed by atoms with E-state index >= 15 is 0 Å². The molecular weight excluding hydrogens is 222 g/mol.